The smallest absolute Gasteiger partial charge is 0.350 e. The molecule has 0 bridgehead atoms. The number of benzene rings is 1. The lowest BCUT2D eigenvalue weighted by Crippen LogP contribution is -2.57. The Labute approximate surface area is 261 Å². The van der Waals surface area contributed by atoms with Crippen molar-refractivity contribution in [1.82, 2.24) is 33.6 Å². The zero-order valence-corrected chi connectivity index (χ0v) is 28.8. The van der Waals surface area contributed by atoms with Crippen LogP contribution in [0.3, 0.4) is 0 Å². The van der Waals surface area contributed by atoms with Gasteiger partial charge in [0, 0.05) is 59.5 Å². The van der Waals surface area contributed by atoms with Crippen LogP contribution in [0.15, 0.2) is 23.0 Å². The monoisotopic (exact) mass is 617 g/mol. The lowest BCUT2D eigenvalue weighted by Gasteiger charge is -2.47. The molecule has 0 aliphatic carbocycles. The van der Waals surface area contributed by atoms with Crippen LogP contribution in [0.4, 0.5) is 5.82 Å². The molecule has 4 heterocycles. The van der Waals surface area contributed by atoms with E-state index in [0.29, 0.717) is 42.6 Å². The molecule has 1 aliphatic rings. The lowest BCUT2D eigenvalue weighted by atomic mass is 10.0. The fourth-order valence-corrected chi connectivity index (χ4v) is 7.18. The highest BCUT2D eigenvalue weighted by Gasteiger charge is 2.35. The number of hydrogen-bond acceptors (Lipinski definition) is 8. The molecule has 1 aromatic carbocycles. The zero-order valence-electron chi connectivity index (χ0n) is 27.8. The molecule has 5 rings (SSSR count). The van der Waals surface area contributed by atoms with E-state index in [1.165, 1.54) is 5.56 Å². The van der Waals surface area contributed by atoms with Gasteiger partial charge >= 0.3 is 5.69 Å². The van der Waals surface area contributed by atoms with Gasteiger partial charge in [-0.2, -0.15) is 10.2 Å². The summed E-state index contributed by atoms with van der Waals surface area (Å²) in [4.78, 5) is 31.9. The topological polar surface area (TPSA) is 110 Å². The maximum atomic E-state index is 13.0. The Morgan fingerprint density at radius 3 is 2.55 bits per heavy atom. The van der Waals surface area contributed by atoms with Crippen molar-refractivity contribution in [2.24, 2.45) is 7.05 Å². The van der Waals surface area contributed by atoms with Gasteiger partial charge in [-0.05, 0) is 58.4 Å². The van der Waals surface area contributed by atoms with E-state index in [0.717, 1.165) is 36.1 Å². The van der Waals surface area contributed by atoms with Crippen LogP contribution in [-0.2, 0) is 31.5 Å². The average Bonchev–Trinajstić information content (AvgIpc) is 3.49. The summed E-state index contributed by atoms with van der Waals surface area (Å²) in [6.07, 6.45) is 0.181. The number of aromatic nitrogens is 6. The molecule has 236 valence electrons. The van der Waals surface area contributed by atoms with E-state index < -0.39 is 8.07 Å². The van der Waals surface area contributed by atoms with Crippen molar-refractivity contribution in [3.63, 3.8) is 0 Å². The molecule has 0 radical (unpaired) electrons. The number of hydrogen-bond donors (Lipinski definition) is 0. The third-order valence-electron chi connectivity index (χ3n) is 9.06. The Bertz CT molecular complexity index is 1760. The summed E-state index contributed by atoms with van der Waals surface area (Å²) >= 11 is 0. The maximum absolute atomic E-state index is 13.0. The Morgan fingerprint density at radius 1 is 1.11 bits per heavy atom. The molecule has 12 heteroatoms. The predicted octanol–water partition coefficient (Wildman–Crippen LogP) is 4.85. The van der Waals surface area contributed by atoms with Crippen LogP contribution < -0.4 is 10.6 Å². The summed E-state index contributed by atoms with van der Waals surface area (Å²) in [5.74, 6) is 2.23. The molecular formula is C32H47N9O2Si. The molecule has 0 spiro atoms. The van der Waals surface area contributed by atoms with Gasteiger partial charge in [0.25, 0.3) is 0 Å². The van der Waals surface area contributed by atoms with Gasteiger partial charge in [-0.25, -0.2) is 14.8 Å². The van der Waals surface area contributed by atoms with Gasteiger partial charge < -0.3 is 18.8 Å². The van der Waals surface area contributed by atoms with E-state index in [-0.39, 0.29) is 30.2 Å². The molecule has 0 saturated carbocycles. The highest BCUT2D eigenvalue weighted by atomic mass is 28.3. The minimum absolute atomic E-state index is 0.0962. The Balaban J connectivity index is 1.40. The Morgan fingerprint density at radius 2 is 1.86 bits per heavy atom. The molecule has 11 nitrogen and oxygen atoms in total. The Hall–Kier alpha value is -3.53. The number of nitriles is 1. The lowest BCUT2D eigenvalue weighted by molar-refractivity contribution is 0.0884. The summed E-state index contributed by atoms with van der Waals surface area (Å²) in [6, 6.07) is 10.4. The van der Waals surface area contributed by atoms with E-state index in [2.05, 4.69) is 84.0 Å². The quantitative estimate of drug-likeness (QED) is 0.184. The van der Waals surface area contributed by atoms with E-state index in [1.54, 1.807) is 11.6 Å². The third kappa shape index (κ3) is 6.05. The number of fused-ring (bicyclic) bond motifs is 2. The fraction of sp³-hybridized carbons (Fsp3) is 0.594. The van der Waals surface area contributed by atoms with Gasteiger partial charge in [-0.3, -0.25) is 9.47 Å². The molecule has 0 amide bonds. The first kappa shape index (κ1) is 31.9. The first-order chi connectivity index (χ1) is 20.8. The number of imidazole rings is 2. The van der Waals surface area contributed by atoms with E-state index >= 15 is 0 Å². The summed E-state index contributed by atoms with van der Waals surface area (Å²) in [6.45, 7) is 21.3. The van der Waals surface area contributed by atoms with E-state index in [4.69, 9.17) is 14.7 Å². The predicted molar refractivity (Wildman–Crippen MR) is 178 cm³/mol. The van der Waals surface area contributed by atoms with E-state index in [9.17, 15) is 10.1 Å². The van der Waals surface area contributed by atoms with Crippen LogP contribution in [0.1, 0.15) is 50.9 Å². The highest BCUT2D eigenvalue weighted by molar-refractivity contribution is 6.76. The number of aryl methyl sites for hydroxylation is 3. The average molecular weight is 618 g/mol. The minimum Gasteiger partial charge on any atom is -0.361 e. The third-order valence-corrected chi connectivity index (χ3v) is 10.8. The largest absolute Gasteiger partial charge is 0.361 e. The number of anilines is 1. The van der Waals surface area contributed by atoms with Gasteiger partial charge in [0.05, 0.1) is 23.5 Å². The van der Waals surface area contributed by atoms with Crippen molar-refractivity contribution in [3.8, 4) is 6.07 Å². The molecule has 4 aromatic rings. The summed E-state index contributed by atoms with van der Waals surface area (Å²) in [5, 5.41) is 9.40. The van der Waals surface area contributed by atoms with Gasteiger partial charge in [-0.1, -0.05) is 25.7 Å². The van der Waals surface area contributed by atoms with Crippen molar-refractivity contribution in [2.45, 2.75) is 98.1 Å². The van der Waals surface area contributed by atoms with Crippen molar-refractivity contribution >= 4 is 36.1 Å². The van der Waals surface area contributed by atoms with Gasteiger partial charge in [0.15, 0.2) is 5.82 Å². The van der Waals surface area contributed by atoms with Gasteiger partial charge in [0.2, 0.25) is 0 Å². The first-order valence-corrected chi connectivity index (χ1v) is 19.4. The summed E-state index contributed by atoms with van der Waals surface area (Å²) in [7, 11) is 0.573. The van der Waals surface area contributed by atoms with Crippen LogP contribution in [0.25, 0.3) is 22.2 Å². The molecule has 1 unspecified atom stereocenters. The molecule has 0 N–H and O–H groups in total. The van der Waals surface area contributed by atoms with E-state index in [1.807, 2.05) is 18.4 Å². The highest BCUT2D eigenvalue weighted by Crippen LogP contribution is 2.33. The van der Waals surface area contributed by atoms with Crippen molar-refractivity contribution in [2.75, 3.05) is 24.6 Å². The molecular weight excluding hydrogens is 570 g/mol. The Kier molecular flexibility index (Phi) is 9.03. The van der Waals surface area contributed by atoms with Gasteiger partial charge in [-0.15, -0.1) is 0 Å². The molecule has 1 aliphatic heterocycles. The number of rotatable bonds is 10. The number of ether oxygens (including phenoxy) is 1. The van der Waals surface area contributed by atoms with Crippen LogP contribution in [0.2, 0.25) is 25.7 Å². The zero-order chi connectivity index (χ0) is 31.9. The summed E-state index contributed by atoms with van der Waals surface area (Å²) in [5.41, 5.74) is 4.41. The molecule has 3 atom stereocenters. The van der Waals surface area contributed by atoms with Crippen molar-refractivity contribution < 1.29 is 4.74 Å². The van der Waals surface area contributed by atoms with Crippen LogP contribution in [0, 0.1) is 18.3 Å². The molecule has 3 aromatic heterocycles. The van der Waals surface area contributed by atoms with Crippen molar-refractivity contribution in [3.05, 3.63) is 45.9 Å². The van der Waals surface area contributed by atoms with Crippen molar-refractivity contribution in [1.29, 1.82) is 5.26 Å². The first-order valence-electron chi connectivity index (χ1n) is 15.7. The standard InChI is InChI=1S/C32H47N9O2Si/c1-10-38-28(13-14-33)35-29-30(36-32(42)37(6)31(29)38)40-19-21(2)39(18-22(40)3)23(4)25-11-12-26-27(17-25)41(24(5)34-26)20-43-15-16-44(7,8)9/h11-12,17,21-23H,10,13,15-16,18-20H2,1-9H3/t21-,22+,23?/m1/s1. The normalized spacial score (nSPS) is 18.8. The van der Waals surface area contributed by atoms with Crippen LogP contribution in [-0.4, -0.2) is 73.4 Å². The van der Waals surface area contributed by atoms with Crippen LogP contribution >= 0.6 is 0 Å². The van der Waals surface area contributed by atoms with Crippen LogP contribution in [0.5, 0.6) is 0 Å². The SMILES string of the molecule is CCn1c(CC#N)nc2c(N3C[C@@H](C)N(C(C)c4ccc5nc(C)n(COCC[Si](C)(C)C)c5c4)C[C@@H]3C)nc(=O)n(C)c21. The minimum atomic E-state index is -1.15. The number of piperazine rings is 1. The second kappa shape index (κ2) is 12.5. The molecule has 1 saturated heterocycles. The summed E-state index contributed by atoms with van der Waals surface area (Å²) < 4.78 is 11.8. The molecule has 1 fully saturated rings. The second-order valence-electron chi connectivity index (χ2n) is 13.5. The molecule has 44 heavy (non-hydrogen) atoms. The maximum Gasteiger partial charge on any atom is 0.350 e. The fourth-order valence-electron chi connectivity index (χ4n) is 6.42. The van der Waals surface area contributed by atoms with Gasteiger partial charge in [0.1, 0.15) is 29.5 Å². The number of nitrogens with zero attached hydrogens (tertiary/aromatic N) is 9. The second-order valence-corrected chi connectivity index (χ2v) is 19.1.